The van der Waals surface area contributed by atoms with Crippen molar-refractivity contribution >= 4 is 23.6 Å². The first kappa shape index (κ1) is 14.8. The largest absolute Gasteiger partial charge is 0.342 e. The third kappa shape index (κ3) is 3.48. The third-order valence-corrected chi connectivity index (χ3v) is 4.37. The van der Waals surface area contributed by atoms with Crippen molar-refractivity contribution in [1.29, 1.82) is 0 Å². The summed E-state index contributed by atoms with van der Waals surface area (Å²) in [5.74, 6) is 5.27. The Balaban J connectivity index is 1.77. The zero-order chi connectivity index (χ0) is 14.5. The number of rotatable bonds is 4. The van der Waals surface area contributed by atoms with Crippen molar-refractivity contribution in [1.82, 2.24) is 25.1 Å². The number of nitrogens with one attached hydrogen (secondary N) is 1. The molecule has 0 aliphatic carbocycles. The Labute approximate surface area is 121 Å². The highest BCUT2D eigenvalue weighted by Crippen LogP contribution is 2.19. The molecule has 2 amide bonds. The quantitative estimate of drug-likeness (QED) is 0.324. The zero-order valence-corrected chi connectivity index (χ0v) is 12.1. The molecule has 110 valence electrons. The van der Waals surface area contributed by atoms with E-state index in [1.807, 2.05) is 7.05 Å². The van der Waals surface area contributed by atoms with Crippen molar-refractivity contribution in [3.05, 3.63) is 6.33 Å². The van der Waals surface area contributed by atoms with Crippen molar-refractivity contribution in [3.63, 3.8) is 0 Å². The number of nitrogens with zero attached hydrogens (tertiary/aromatic N) is 4. The van der Waals surface area contributed by atoms with Crippen LogP contribution in [0.15, 0.2) is 11.5 Å². The molecule has 20 heavy (non-hydrogen) atoms. The molecular formula is C11H18N6O2S. The van der Waals surface area contributed by atoms with Crippen molar-refractivity contribution in [3.8, 4) is 0 Å². The Morgan fingerprint density at radius 2 is 2.20 bits per heavy atom. The molecule has 0 spiro atoms. The Hall–Kier alpha value is -1.61. The van der Waals surface area contributed by atoms with E-state index in [0.717, 1.165) is 5.16 Å². The fourth-order valence-electron chi connectivity index (χ4n) is 2.13. The molecule has 9 heteroatoms. The summed E-state index contributed by atoms with van der Waals surface area (Å²) >= 11 is 1.37. The van der Waals surface area contributed by atoms with Gasteiger partial charge in [0.25, 0.3) is 0 Å². The topological polar surface area (TPSA) is 106 Å². The van der Waals surface area contributed by atoms with E-state index in [9.17, 15) is 9.59 Å². The van der Waals surface area contributed by atoms with Gasteiger partial charge in [0.05, 0.1) is 5.75 Å². The monoisotopic (exact) mass is 298 g/mol. The molecule has 0 aromatic carbocycles. The molecule has 1 saturated heterocycles. The lowest BCUT2D eigenvalue weighted by atomic mass is 9.96. The van der Waals surface area contributed by atoms with Gasteiger partial charge in [-0.15, -0.1) is 10.2 Å². The molecule has 1 fully saturated rings. The van der Waals surface area contributed by atoms with Gasteiger partial charge in [-0.1, -0.05) is 11.8 Å². The van der Waals surface area contributed by atoms with Crippen LogP contribution in [0.2, 0.25) is 0 Å². The van der Waals surface area contributed by atoms with E-state index in [-0.39, 0.29) is 17.7 Å². The predicted octanol–water partition coefficient (Wildman–Crippen LogP) is -0.864. The van der Waals surface area contributed by atoms with Crippen LogP contribution in [0.3, 0.4) is 0 Å². The number of hydrazine groups is 1. The molecule has 3 N–H and O–H groups in total. The van der Waals surface area contributed by atoms with Crippen LogP contribution in [0.5, 0.6) is 0 Å². The van der Waals surface area contributed by atoms with E-state index in [1.165, 1.54) is 11.8 Å². The Morgan fingerprint density at radius 1 is 1.50 bits per heavy atom. The number of aromatic nitrogens is 3. The van der Waals surface area contributed by atoms with Crippen LogP contribution in [0, 0.1) is 5.92 Å². The van der Waals surface area contributed by atoms with Crippen molar-refractivity contribution < 1.29 is 9.59 Å². The maximum Gasteiger partial charge on any atom is 0.237 e. The van der Waals surface area contributed by atoms with E-state index in [2.05, 4.69) is 15.6 Å². The molecule has 0 atom stereocenters. The summed E-state index contributed by atoms with van der Waals surface area (Å²) in [7, 11) is 1.84. The van der Waals surface area contributed by atoms with Crippen LogP contribution in [-0.2, 0) is 16.6 Å². The second-order valence-corrected chi connectivity index (χ2v) is 5.62. The number of nitrogens with two attached hydrogens (primary N) is 1. The van der Waals surface area contributed by atoms with Crippen LogP contribution in [0.4, 0.5) is 0 Å². The Kier molecular flexibility index (Phi) is 4.96. The van der Waals surface area contributed by atoms with Gasteiger partial charge in [-0.05, 0) is 12.8 Å². The molecule has 2 heterocycles. The van der Waals surface area contributed by atoms with Gasteiger partial charge in [-0.3, -0.25) is 15.0 Å². The molecule has 1 aromatic rings. The highest BCUT2D eigenvalue weighted by Gasteiger charge is 2.26. The fourth-order valence-corrected chi connectivity index (χ4v) is 2.92. The minimum atomic E-state index is -0.148. The molecule has 0 saturated carbocycles. The Morgan fingerprint density at radius 3 is 2.75 bits per heavy atom. The second kappa shape index (κ2) is 6.71. The fraction of sp³-hybridized carbons (Fsp3) is 0.636. The smallest absolute Gasteiger partial charge is 0.237 e. The molecule has 1 aromatic heterocycles. The van der Waals surface area contributed by atoms with Gasteiger partial charge in [-0.2, -0.15) is 0 Å². The molecule has 0 radical (unpaired) electrons. The molecule has 0 unspecified atom stereocenters. The summed E-state index contributed by atoms with van der Waals surface area (Å²) < 4.78 is 1.77. The summed E-state index contributed by atoms with van der Waals surface area (Å²) in [6, 6.07) is 0. The zero-order valence-electron chi connectivity index (χ0n) is 11.3. The number of thioether (sulfide) groups is 1. The molecule has 0 bridgehead atoms. The van der Waals surface area contributed by atoms with Crippen molar-refractivity contribution in [2.24, 2.45) is 18.8 Å². The van der Waals surface area contributed by atoms with Gasteiger partial charge in [0.1, 0.15) is 6.33 Å². The maximum atomic E-state index is 12.1. The van der Waals surface area contributed by atoms with Crippen LogP contribution in [-0.4, -0.2) is 50.3 Å². The average molecular weight is 298 g/mol. The summed E-state index contributed by atoms with van der Waals surface area (Å²) in [5, 5.41) is 8.40. The number of piperidine rings is 1. The number of hydrogen-bond donors (Lipinski definition) is 2. The number of amides is 2. The molecule has 1 aliphatic heterocycles. The predicted molar refractivity (Wildman–Crippen MR) is 73.4 cm³/mol. The average Bonchev–Trinajstić information content (AvgIpc) is 2.89. The van der Waals surface area contributed by atoms with E-state index in [4.69, 9.17) is 5.84 Å². The lowest BCUT2D eigenvalue weighted by Crippen LogP contribution is -2.45. The van der Waals surface area contributed by atoms with E-state index in [1.54, 1.807) is 15.8 Å². The van der Waals surface area contributed by atoms with Crippen LogP contribution in [0.25, 0.3) is 0 Å². The second-order valence-electron chi connectivity index (χ2n) is 4.68. The number of hydrogen-bond acceptors (Lipinski definition) is 6. The summed E-state index contributed by atoms with van der Waals surface area (Å²) in [6.07, 6.45) is 2.91. The standard InChI is InChI=1S/C11H18N6O2S/c1-16-7-13-15-11(16)20-6-9(18)17-4-2-8(3-5-17)10(19)14-12/h7-8H,2-6,12H2,1H3,(H,14,19). The SMILES string of the molecule is Cn1cnnc1SCC(=O)N1CCC(C(=O)NN)CC1. The van der Waals surface area contributed by atoms with Gasteiger partial charge >= 0.3 is 0 Å². The Bertz CT molecular complexity index is 483. The third-order valence-electron chi connectivity index (χ3n) is 3.36. The van der Waals surface area contributed by atoms with Crippen molar-refractivity contribution in [2.75, 3.05) is 18.8 Å². The van der Waals surface area contributed by atoms with E-state index in [0.29, 0.717) is 31.7 Å². The highest BCUT2D eigenvalue weighted by molar-refractivity contribution is 7.99. The number of carbonyl (C=O) groups is 2. The van der Waals surface area contributed by atoms with Gasteiger partial charge in [0.15, 0.2) is 5.16 Å². The number of aryl methyl sites for hydroxylation is 1. The van der Waals surface area contributed by atoms with Crippen LogP contribution in [0.1, 0.15) is 12.8 Å². The van der Waals surface area contributed by atoms with Crippen molar-refractivity contribution in [2.45, 2.75) is 18.0 Å². The maximum absolute atomic E-state index is 12.1. The summed E-state index contributed by atoms with van der Waals surface area (Å²) in [5.41, 5.74) is 2.16. The van der Waals surface area contributed by atoms with E-state index >= 15 is 0 Å². The first-order chi connectivity index (χ1) is 9.61. The number of carbonyl (C=O) groups excluding carboxylic acids is 2. The van der Waals surface area contributed by atoms with Gasteiger partial charge in [-0.25, -0.2) is 5.84 Å². The number of likely N-dealkylation sites (tertiary alicyclic amines) is 1. The first-order valence-corrected chi connectivity index (χ1v) is 7.35. The van der Waals surface area contributed by atoms with Gasteiger partial charge < -0.3 is 9.47 Å². The van der Waals surface area contributed by atoms with Crippen LogP contribution >= 0.6 is 11.8 Å². The first-order valence-electron chi connectivity index (χ1n) is 6.37. The van der Waals surface area contributed by atoms with Gasteiger partial charge in [0, 0.05) is 26.1 Å². The minimum absolute atomic E-state index is 0.0598. The molecule has 2 rings (SSSR count). The lowest BCUT2D eigenvalue weighted by molar-refractivity contribution is -0.133. The normalized spacial score (nSPS) is 16.2. The lowest BCUT2D eigenvalue weighted by Gasteiger charge is -2.30. The van der Waals surface area contributed by atoms with Crippen LogP contribution < -0.4 is 11.3 Å². The molecule has 1 aliphatic rings. The minimum Gasteiger partial charge on any atom is -0.342 e. The van der Waals surface area contributed by atoms with E-state index < -0.39 is 0 Å². The molecular weight excluding hydrogens is 280 g/mol. The highest BCUT2D eigenvalue weighted by atomic mass is 32.2. The summed E-state index contributed by atoms with van der Waals surface area (Å²) in [6.45, 7) is 1.19. The summed E-state index contributed by atoms with van der Waals surface area (Å²) in [4.78, 5) is 25.3. The molecule has 8 nitrogen and oxygen atoms in total. The van der Waals surface area contributed by atoms with Gasteiger partial charge in [0.2, 0.25) is 11.8 Å².